The molecule has 0 spiro atoms. The number of benzene rings is 1. The highest BCUT2D eigenvalue weighted by Gasteiger charge is 2.28. The van der Waals surface area contributed by atoms with Crippen molar-refractivity contribution in [1.82, 2.24) is 4.31 Å². The molecule has 0 saturated heterocycles. The van der Waals surface area contributed by atoms with Crippen molar-refractivity contribution in [2.24, 2.45) is 11.7 Å². The molecule has 1 fully saturated rings. The van der Waals surface area contributed by atoms with Crippen molar-refractivity contribution >= 4 is 38.8 Å². The highest BCUT2D eigenvalue weighted by molar-refractivity contribution is 7.89. The third kappa shape index (κ3) is 3.56. The lowest BCUT2D eigenvalue weighted by Gasteiger charge is -2.31. The standard InChI is InChI=1S/C14H19ClN2O2S2/c1-2-17(9-10-4-3-5-10)21(18,19)11-6-7-12(14(16)20)13(15)8-11/h6-8,10H,2-5,9H2,1H3,(H2,16,20). The zero-order chi connectivity index (χ0) is 15.6. The van der Waals surface area contributed by atoms with Crippen LogP contribution in [-0.4, -0.2) is 30.8 Å². The third-order valence-corrected chi connectivity index (χ3v) is 6.35. The van der Waals surface area contributed by atoms with Crippen LogP contribution in [0, 0.1) is 5.92 Å². The molecule has 2 N–H and O–H groups in total. The Hall–Kier alpha value is -0.690. The first-order valence-corrected chi connectivity index (χ1v) is 9.18. The second-order valence-corrected chi connectivity index (χ2v) is 8.04. The largest absolute Gasteiger partial charge is 0.389 e. The van der Waals surface area contributed by atoms with Gasteiger partial charge in [-0.25, -0.2) is 8.42 Å². The zero-order valence-electron chi connectivity index (χ0n) is 11.9. The molecule has 0 aromatic heterocycles. The average molecular weight is 347 g/mol. The van der Waals surface area contributed by atoms with Crippen LogP contribution in [0.4, 0.5) is 0 Å². The number of halogens is 1. The first-order chi connectivity index (χ1) is 9.86. The lowest BCUT2D eigenvalue weighted by atomic mass is 9.85. The predicted octanol–water partition coefficient (Wildman–Crippen LogP) is 2.78. The molecule has 1 aliphatic carbocycles. The molecule has 1 aliphatic rings. The van der Waals surface area contributed by atoms with Crippen LogP contribution < -0.4 is 5.73 Å². The fourth-order valence-electron chi connectivity index (χ4n) is 2.37. The van der Waals surface area contributed by atoms with Crippen LogP contribution in [0.15, 0.2) is 23.1 Å². The smallest absolute Gasteiger partial charge is 0.243 e. The summed E-state index contributed by atoms with van der Waals surface area (Å²) in [5.41, 5.74) is 6.03. The normalized spacial score (nSPS) is 16.0. The van der Waals surface area contributed by atoms with Crippen molar-refractivity contribution < 1.29 is 8.42 Å². The van der Waals surface area contributed by atoms with Gasteiger partial charge in [0.1, 0.15) is 4.99 Å². The van der Waals surface area contributed by atoms with Gasteiger partial charge in [0.15, 0.2) is 0 Å². The first-order valence-electron chi connectivity index (χ1n) is 6.95. The van der Waals surface area contributed by atoms with Gasteiger partial charge in [0.2, 0.25) is 10.0 Å². The molecule has 0 amide bonds. The molecule has 2 rings (SSSR count). The summed E-state index contributed by atoms with van der Waals surface area (Å²) in [5, 5.41) is 0.267. The summed E-state index contributed by atoms with van der Waals surface area (Å²) < 4.78 is 26.9. The Kier molecular flexibility index (Phi) is 5.24. The molecule has 0 aliphatic heterocycles. The van der Waals surface area contributed by atoms with E-state index in [1.54, 1.807) is 6.07 Å². The highest BCUT2D eigenvalue weighted by atomic mass is 35.5. The summed E-state index contributed by atoms with van der Waals surface area (Å²) in [6.45, 7) is 2.88. The van der Waals surface area contributed by atoms with Crippen molar-refractivity contribution in [1.29, 1.82) is 0 Å². The van der Waals surface area contributed by atoms with E-state index in [2.05, 4.69) is 0 Å². The van der Waals surface area contributed by atoms with E-state index in [0.29, 0.717) is 24.6 Å². The van der Waals surface area contributed by atoms with Gasteiger partial charge in [-0.15, -0.1) is 0 Å². The SMILES string of the molecule is CCN(CC1CCC1)S(=O)(=O)c1ccc(C(N)=S)c(Cl)c1. The van der Waals surface area contributed by atoms with Gasteiger partial charge >= 0.3 is 0 Å². The lowest BCUT2D eigenvalue weighted by Crippen LogP contribution is -2.37. The van der Waals surface area contributed by atoms with Gasteiger partial charge in [0.05, 0.1) is 9.92 Å². The number of sulfonamides is 1. The summed E-state index contributed by atoms with van der Waals surface area (Å²) in [7, 11) is -3.52. The van der Waals surface area contributed by atoms with E-state index in [0.717, 1.165) is 12.8 Å². The maximum absolute atomic E-state index is 12.7. The topological polar surface area (TPSA) is 63.4 Å². The summed E-state index contributed by atoms with van der Waals surface area (Å²) >= 11 is 10.9. The van der Waals surface area contributed by atoms with Gasteiger partial charge < -0.3 is 5.73 Å². The fraction of sp³-hybridized carbons (Fsp3) is 0.500. The van der Waals surface area contributed by atoms with Gasteiger partial charge in [-0.2, -0.15) is 4.31 Å². The van der Waals surface area contributed by atoms with Crippen LogP contribution >= 0.6 is 23.8 Å². The van der Waals surface area contributed by atoms with Crippen molar-refractivity contribution in [2.75, 3.05) is 13.1 Å². The van der Waals surface area contributed by atoms with Crippen LogP contribution in [-0.2, 0) is 10.0 Å². The minimum Gasteiger partial charge on any atom is -0.389 e. The lowest BCUT2D eigenvalue weighted by molar-refractivity contribution is 0.250. The number of nitrogens with zero attached hydrogens (tertiary/aromatic N) is 1. The van der Waals surface area contributed by atoms with E-state index in [4.69, 9.17) is 29.6 Å². The van der Waals surface area contributed by atoms with E-state index in [1.165, 1.54) is 22.9 Å². The van der Waals surface area contributed by atoms with E-state index in [-0.39, 0.29) is 14.9 Å². The summed E-state index contributed by atoms with van der Waals surface area (Å²) in [6.07, 6.45) is 3.40. The Morgan fingerprint density at radius 3 is 2.57 bits per heavy atom. The van der Waals surface area contributed by atoms with Crippen LogP contribution in [0.2, 0.25) is 5.02 Å². The Bertz CT molecular complexity index is 642. The van der Waals surface area contributed by atoms with E-state index in [9.17, 15) is 8.42 Å². The van der Waals surface area contributed by atoms with E-state index in [1.807, 2.05) is 6.92 Å². The Morgan fingerprint density at radius 2 is 2.14 bits per heavy atom. The molecule has 1 aromatic rings. The molecule has 116 valence electrons. The quantitative estimate of drug-likeness (QED) is 0.804. The minimum atomic E-state index is -3.52. The monoisotopic (exact) mass is 346 g/mol. The Balaban J connectivity index is 2.28. The Labute approximate surface area is 136 Å². The molecule has 4 nitrogen and oxygen atoms in total. The van der Waals surface area contributed by atoms with Gasteiger partial charge in [0.25, 0.3) is 0 Å². The van der Waals surface area contributed by atoms with Gasteiger partial charge in [0, 0.05) is 18.7 Å². The minimum absolute atomic E-state index is 0.158. The zero-order valence-corrected chi connectivity index (χ0v) is 14.3. The van der Waals surface area contributed by atoms with E-state index < -0.39 is 10.0 Å². The van der Waals surface area contributed by atoms with Crippen LogP contribution in [0.5, 0.6) is 0 Å². The van der Waals surface area contributed by atoms with Gasteiger partial charge in [-0.05, 0) is 37.0 Å². The molecule has 7 heteroatoms. The van der Waals surface area contributed by atoms with Crippen molar-refractivity contribution in [3.63, 3.8) is 0 Å². The maximum atomic E-state index is 12.7. The van der Waals surface area contributed by atoms with Gasteiger partial charge in [-0.3, -0.25) is 0 Å². The fourth-order valence-corrected chi connectivity index (χ4v) is 4.50. The third-order valence-electron chi connectivity index (χ3n) is 3.88. The van der Waals surface area contributed by atoms with E-state index >= 15 is 0 Å². The molecule has 1 aromatic carbocycles. The molecule has 0 radical (unpaired) electrons. The molecule has 0 bridgehead atoms. The highest BCUT2D eigenvalue weighted by Crippen LogP contribution is 2.30. The molecule has 0 atom stereocenters. The van der Waals surface area contributed by atoms with Crippen LogP contribution in [0.25, 0.3) is 0 Å². The average Bonchev–Trinajstić information content (AvgIpc) is 2.36. The second-order valence-electron chi connectivity index (χ2n) is 5.26. The molecular formula is C14H19ClN2O2S2. The summed E-state index contributed by atoms with van der Waals surface area (Å²) in [6, 6.07) is 4.50. The van der Waals surface area contributed by atoms with Crippen LogP contribution in [0.1, 0.15) is 31.7 Å². The molecule has 0 unspecified atom stereocenters. The molecule has 21 heavy (non-hydrogen) atoms. The number of thiocarbonyl (C=S) groups is 1. The number of hydrogen-bond acceptors (Lipinski definition) is 3. The van der Waals surface area contributed by atoms with Crippen LogP contribution in [0.3, 0.4) is 0 Å². The maximum Gasteiger partial charge on any atom is 0.243 e. The summed E-state index contributed by atoms with van der Waals surface area (Å²) in [4.78, 5) is 0.347. The van der Waals surface area contributed by atoms with Crippen molar-refractivity contribution in [2.45, 2.75) is 31.1 Å². The summed E-state index contributed by atoms with van der Waals surface area (Å²) in [5.74, 6) is 0.478. The number of rotatable bonds is 6. The predicted molar refractivity (Wildman–Crippen MR) is 89.1 cm³/mol. The van der Waals surface area contributed by atoms with Crippen molar-refractivity contribution in [3.05, 3.63) is 28.8 Å². The van der Waals surface area contributed by atoms with Crippen molar-refractivity contribution in [3.8, 4) is 0 Å². The first kappa shape index (κ1) is 16.7. The Morgan fingerprint density at radius 1 is 1.48 bits per heavy atom. The molecular weight excluding hydrogens is 328 g/mol. The molecule has 1 saturated carbocycles. The second kappa shape index (κ2) is 6.60. The molecule has 0 heterocycles. The number of nitrogens with two attached hydrogens (primary N) is 1. The number of hydrogen-bond donors (Lipinski definition) is 1. The van der Waals surface area contributed by atoms with Gasteiger partial charge in [-0.1, -0.05) is 37.2 Å².